The van der Waals surface area contributed by atoms with Gasteiger partial charge in [0.25, 0.3) is 0 Å². The van der Waals surface area contributed by atoms with E-state index in [4.69, 9.17) is 0 Å². The molecule has 1 aliphatic heterocycles. The second-order valence-corrected chi connectivity index (χ2v) is 7.51. The molecular formula is C15H22ClF3N2O2S. The van der Waals surface area contributed by atoms with Crippen molar-refractivity contribution in [2.75, 3.05) is 19.6 Å². The van der Waals surface area contributed by atoms with Crippen LogP contribution < -0.4 is 5.32 Å². The summed E-state index contributed by atoms with van der Waals surface area (Å²) in [6.45, 7) is 3.59. The number of hydrogen-bond acceptors (Lipinski definition) is 3. The summed E-state index contributed by atoms with van der Waals surface area (Å²) in [5.41, 5.74) is -0.944. The van der Waals surface area contributed by atoms with Crippen LogP contribution >= 0.6 is 12.4 Å². The van der Waals surface area contributed by atoms with Crippen LogP contribution in [0, 0.1) is 0 Å². The minimum absolute atomic E-state index is 0. The van der Waals surface area contributed by atoms with Crippen molar-refractivity contribution in [2.24, 2.45) is 0 Å². The van der Waals surface area contributed by atoms with E-state index in [9.17, 15) is 21.6 Å². The van der Waals surface area contributed by atoms with Crippen LogP contribution in [0.5, 0.6) is 0 Å². The van der Waals surface area contributed by atoms with Gasteiger partial charge in [-0.15, -0.1) is 12.4 Å². The van der Waals surface area contributed by atoms with Gasteiger partial charge < -0.3 is 5.32 Å². The maximum Gasteiger partial charge on any atom is 0.416 e. The summed E-state index contributed by atoms with van der Waals surface area (Å²) in [7, 11) is -3.94. The molecule has 4 nitrogen and oxygen atoms in total. The standard InChI is InChI=1S/C15H21F3N2O2S.ClH/c1-2-10-20(13-6-8-19-9-7-13)23(21,22)14-5-3-4-12(11-14)15(16,17)18;/h3-5,11,13,19H,2,6-10H2,1H3;1H. The second-order valence-electron chi connectivity index (χ2n) is 5.62. The highest BCUT2D eigenvalue weighted by molar-refractivity contribution is 7.89. The van der Waals surface area contributed by atoms with Crippen LogP contribution in [-0.4, -0.2) is 38.4 Å². The highest BCUT2D eigenvalue weighted by atomic mass is 35.5. The molecule has 1 N–H and O–H groups in total. The zero-order valence-electron chi connectivity index (χ0n) is 13.3. The number of benzene rings is 1. The van der Waals surface area contributed by atoms with Crippen LogP contribution in [0.4, 0.5) is 13.2 Å². The largest absolute Gasteiger partial charge is 0.416 e. The Morgan fingerprint density at radius 1 is 1.25 bits per heavy atom. The van der Waals surface area contributed by atoms with Gasteiger partial charge in [0.2, 0.25) is 10.0 Å². The third-order valence-corrected chi connectivity index (χ3v) is 5.88. The summed E-state index contributed by atoms with van der Waals surface area (Å²) in [6, 6.07) is 3.80. The van der Waals surface area contributed by atoms with Crippen LogP contribution in [0.15, 0.2) is 29.2 Å². The van der Waals surface area contributed by atoms with E-state index in [0.29, 0.717) is 38.9 Å². The first-order valence-electron chi connectivity index (χ1n) is 7.66. The fraction of sp³-hybridized carbons (Fsp3) is 0.600. The van der Waals surface area contributed by atoms with Gasteiger partial charge in [-0.3, -0.25) is 0 Å². The molecule has 1 heterocycles. The number of rotatable bonds is 5. The maximum absolute atomic E-state index is 12.8. The summed E-state index contributed by atoms with van der Waals surface area (Å²) in [5, 5.41) is 3.16. The number of alkyl halides is 3. The molecule has 0 aliphatic carbocycles. The Kier molecular flexibility index (Phi) is 7.52. The van der Waals surface area contributed by atoms with E-state index in [-0.39, 0.29) is 23.3 Å². The monoisotopic (exact) mass is 386 g/mol. The Hall–Kier alpha value is -0.830. The number of hydrogen-bond donors (Lipinski definition) is 1. The first-order chi connectivity index (χ1) is 10.8. The average molecular weight is 387 g/mol. The zero-order valence-corrected chi connectivity index (χ0v) is 15.0. The molecule has 2 rings (SSSR count). The summed E-state index contributed by atoms with van der Waals surface area (Å²) in [4.78, 5) is -0.292. The van der Waals surface area contributed by atoms with Crippen molar-refractivity contribution in [3.8, 4) is 0 Å². The maximum atomic E-state index is 12.8. The first kappa shape index (κ1) is 21.2. The molecule has 0 saturated carbocycles. The fourth-order valence-electron chi connectivity index (χ4n) is 2.78. The van der Waals surface area contributed by atoms with E-state index in [0.717, 1.165) is 18.2 Å². The van der Waals surface area contributed by atoms with Crippen LogP contribution in [0.25, 0.3) is 0 Å². The molecule has 0 radical (unpaired) electrons. The molecule has 1 fully saturated rings. The minimum atomic E-state index is -4.56. The van der Waals surface area contributed by atoms with Gasteiger partial charge in [0.1, 0.15) is 0 Å². The van der Waals surface area contributed by atoms with Gasteiger partial charge in [-0.25, -0.2) is 8.42 Å². The Balaban J connectivity index is 0.00000288. The molecule has 1 aromatic carbocycles. The normalized spacial score (nSPS) is 16.9. The minimum Gasteiger partial charge on any atom is -0.317 e. The molecule has 0 aromatic heterocycles. The van der Waals surface area contributed by atoms with Crippen molar-refractivity contribution >= 4 is 22.4 Å². The lowest BCUT2D eigenvalue weighted by Gasteiger charge is -2.33. The Bertz CT molecular complexity index is 632. The molecule has 0 amide bonds. The van der Waals surface area contributed by atoms with Crippen LogP contribution in [0.3, 0.4) is 0 Å². The third kappa shape index (κ3) is 4.84. The number of sulfonamides is 1. The molecule has 0 spiro atoms. The molecule has 24 heavy (non-hydrogen) atoms. The van der Waals surface area contributed by atoms with Crippen molar-refractivity contribution in [3.63, 3.8) is 0 Å². The SMILES string of the molecule is CCCN(C1CCNCC1)S(=O)(=O)c1cccc(C(F)(F)F)c1.Cl. The number of nitrogens with zero attached hydrogens (tertiary/aromatic N) is 1. The lowest BCUT2D eigenvalue weighted by atomic mass is 10.1. The Labute approximate surface area is 146 Å². The van der Waals surface area contributed by atoms with Gasteiger partial charge in [0, 0.05) is 12.6 Å². The van der Waals surface area contributed by atoms with Gasteiger partial charge >= 0.3 is 6.18 Å². The van der Waals surface area contributed by atoms with E-state index in [1.807, 2.05) is 6.92 Å². The van der Waals surface area contributed by atoms with Crippen molar-refractivity contribution < 1.29 is 21.6 Å². The molecule has 0 bridgehead atoms. The van der Waals surface area contributed by atoms with Gasteiger partial charge in [-0.05, 0) is 50.6 Å². The van der Waals surface area contributed by atoms with Crippen LogP contribution in [0.2, 0.25) is 0 Å². The predicted molar refractivity (Wildman–Crippen MR) is 88.8 cm³/mol. The van der Waals surface area contributed by atoms with E-state index in [2.05, 4.69) is 5.32 Å². The van der Waals surface area contributed by atoms with Crippen LogP contribution in [0.1, 0.15) is 31.7 Å². The zero-order chi connectivity index (χ0) is 17.1. The van der Waals surface area contributed by atoms with Gasteiger partial charge in [-0.2, -0.15) is 17.5 Å². The van der Waals surface area contributed by atoms with Gasteiger partial charge in [-0.1, -0.05) is 13.0 Å². The molecule has 9 heteroatoms. The smallest absolute Gasteiger partial charge is 0.317 e. The van der Waals surface area contributed by atoms with E-state index in [1.165, 1.54) is 10.4 Å². The highest BCUT2D eigenvalue weighted by Gasteiger charge is 2.35. The summed E-state index contributed by atoms with van der Waals surface area (Å²) < 4.78 is 65.6. The van der Waals surface area contributed by atoms with Crippen molar-refractivity contribution in [1.29, 1.82) is 0 Å². The molecule has 1 aromatic rings. The van der Waals surface area contributed by atoms with Crippen LogP contribution in [-0.2, 0) is 16.2 Å². The van der Waals surface area contributed by atoms with Crippen molar-refractivity contribution in [3.05, 3.63) is 29.8 Å². The number of piperidine rings is 1. The second kappa shape index (κ2) is 8.51. The lowest BCUT2D eigenvalue weighted by Crippen LogP contribution is -2.46. The topological polar surface area (TPSA) is 49.4 Å². The summed E-state index contributed by atoms with van der Waals surface area (Å²) in [6.07, 6.45) is -2.62. The summed E-state index contributed by atoms with van der Waals surface area (Å²) in [5.74, 6) is 0. The van der Waals surface area contributed by atoms with Gasteiger partial charge in [0.15, 0.2) is 0 Å². The number of halogens is 4. The third-order valence-electron chi connectivity index (χ3n) is 3.93. The van der Waals surface area contributed by atoms with E-state index < -0.39 is 21.8 Å². The van der Waals surface area contributed by atoms with E-state index >= 15 is 0 Å². The molecular weight excluding hydrogens is 365 g/mol. The fourth-order valence-corrected chi connectivity index (χ4v) is 4.61. The molecule has 1 saturated heterocycles. The Morgan fingerprint density at radius 3 is 2.42 bits per heavy atom. The average Bonchev–Trinajstić information content (AvgIpc) is 2.52. The van der Waals surface area contributed by atoms with Crippen molar-refractivity contribution in [2.45, 2.75) is 43.3 Å². The molecule has 1 aliphatic rings. The molecule has 0 unspecified atom stereocenters. The summed E-state index contributed by atoms with van der Waals surface area (Å²) >= 11 is 0. The predicted octanol–water partition coefficient (Wildman–Crippen LogP) is 3.28. The highest BCUT2D eigenvalue weighted by Crippen LogP contribution is 2.32. The Morgan fingerprint density at radius 2 is 1.88 bits per heavy atom. The van der Waals surface area contributed by atoms with E-state index in [1.54, 1.807) is 0 Å². The molecule has 0 atom stereocenters. The van der Waals surface area contributed by atoms with Crippen molar-refractivity contribution in [1.82, 2.24) is 9.62 Å². The lowest BCUT2D eigenvalue weighted by molar-refractivity contribution is -0.137. The van der Waals surface area contributed by atoms with Gasteiger partial charge in [0.05, 0.1) is 10.5 Å². The molecule has 138 valence electrons. The first-order valence-corrected chi connectivity index (χ1v) is 9.10. The quantitative estimate of drug-likeness (QED) is 0.844. The number of nitrogens with one attached hydrogen (secondary N) is 1.